The van der Waals surface area contributed by atoms with Crippen LogP contribution in [0.15, 0.2) is 12.1 Å². The average Bonchev–Trinajstić information content (AvgIpc) is 2.67. The summed E-state index contributed by atoms with van der Waals surface area (Å²) in [6.45, 7) is 9.65. The van der Waals surface area contributed by atoms with Crippen molar-refractivity contribution in [2.45, 2.75) is 98.1 Å². The molecular weight excluding hydrogens is 383 g/mol. The van der Waals surface area contributed by atoms with Crippen molar-refractivity contribution < 1.29 is 18.7 Å². The van der Waals surface area contributed by atoms with Gasteiger partial charge in [-0.15, -0.1) is 0 Å². The van der Waals surface area contributed by atoms with Crippen LogP contribution in [0.4, 0.5) is 0 Å². The highest BCUT2D eigenvalue weighted by atomic mass is 31.2. The summed E-state index contributed by atoms with van der Waals surface area (Å²) >= 11 is 0. The fraction of sp³-hybridized carbons (Fsp3) is 0.667. The third-order valence-electron chi connectivity index (χ3n) is 6.10. The summed E-state index contributed by atoms with van der Waals surface area (Å²) in [6, 6.07) is 3.86. The lowest BCUT2D eigenvalue weighted by Gasteiger charge is -2.30. The molecule has 0 aromatic heterocycles. The SMILES string of the molecule is CCCCCC(C)C(=O)OP(=O)(C(=O)c1c(C)cc(C)cc1C)C1CCCCC1. The maximum absolute atomic E-state index is 14.1. The number of carbonyl (C=O) groups is 2. The van der Waals surface area contributed by atoms with E-state index in [1.54, 1.807) is 0 Å². The second-order valence-corrected chi connectivity index (χ2v) is 11.3. The Morgan fingerprint density at radius 2 is 1.66 bits per heavy atom. The van der Waals surface area contributed by atoms with Gasteiger partial charge in [-0.3, -0.25) is 14.2 Å². The third-order valence-corrected chi connectivity index (χ3v) is 8.82. The van der Waals surface area contributed by atoms with Gasteiger partial charge in [0.15, 0.2) is 0 Å². The van der Waals surface area contributed by atoms with Gasteiger partial charge in [0, 0.05) is 5.56 Å². The number of rotatable bonds is 9. The van der Waals surface area contributed by atoms with E-state index in [4.69, 9.17) is 4.52 Å². The molecule has 2 unspecified atom stereocenters. The minimum Gasteiger partial charge on any atom is -0.405 e. The van der Waals surface area contributed by atoms with Crippen LogP contribution in [0.3, 0.4) is 0 Å². The number of benzene rings is 1. The normalized spacial score (nSPS) is 18.1. The van der Waals surface area contributed by atoms with Gasteiger partial charge in [0.25, 0.3) is 5.52 Å². The van der Waals surface area contributed by atoms with Crippen LogP contribution in [-0.2, 0) is 13.9 Å². The maximum atomic E-state index is 14.1. The average molecular weight is 421 g/mol. The standard InChI is InChI=1S/C24H37O4P/c1-6-7-9-12-18(3)23(25)28-29(27,21-13-10-8-11-14-21)24(26)22-19(4)15-17(2)16-20(22)5/h15-16,18,21H,6-14H2,1-5H3. The molecule has 0 aliphatic heterocycles. The van der Waals surface area contributed by atoms with Crippen LogP contribution in [0, 0.1) is 26.7 Å². The molecule has 0 amide bonds. The van der Waals surface area contributed by atoms with Gasteiger partial charge in [-0.2, -0.15) is 0 Å². The van der Waals surface area contributed by atoms with Gasteiger partial charge >= 0.3 is 13.3 Å². The maximum Gasteiger partial charge on any atom is 0.321 e. The molecular formula is C24H37O4P. The van der Waals surface area contributed by atoms with Gasteiger partial charge in [-0.05, 0) is 51.2 Å². The van der Waals surface area contributed by atoms with E-state index in [2.05, 4.69) is 6.92 Å². The molecule has 1 aliphatic carbocycles. The number of aryl methyl sites for hydroxylation is 3. The first-order valence-electron chi connectivity index (χ1n) is 11.2. The van der Waals surface area contributed by atoms with E-state index in [1.165, 1.54) is 0 Å². The van der Waals surface area contributed by atoms with Crippen LogP contribution >= 0.6 is 7.37 Å². The summed E-state index contributed by atoms with van der Waals surface area (Å²) in [5.74, 6) is -0.822. The first-order valence-corrected chi connectivity index (χ1v) is 12.9. The van der Waals surface area contributed by atoms with E-state index in [1.807, 2.05) is 39.8 Å². The van der Waals surface area contributed by atoms with Crippen molar-refractivity contribution in [2.24, 2.45) is 5.92 Å². The summed E-state index contributed by atoms with van der Waals surface area (Å²) < 4.78 is 19.8. The van der Waals surface area contributed by atoms with Crippen molar-refractivity contribution in [3.05, 3.63) is 34.4 Å². The zero-order valence-electron chi connectivity index (χ0n) is 18.8. The second kappa shape index (κ2) is 10.6. The lowest BCUT2D eigenvalue weighted by molar-refractivity contribution is -0.138. The number of carbonyl (C=O) groups excluding carboxylic acids is 2. The molecule has 29 heavy (non-hydrogen) atoms. The van der Waals surface area contributed by atoms with Crippen LogP contribution in [0.2, 0.25) is 0 Å². The molecule has 2 atom stereocenters. The molecule has 0 N–H and O–H groups in total. The summed E-state index contributed by atoms with van der Waals surface area (Å²) in [4.78, 5) is 26.4. The highest BCUT2D eigenvalue weighted by Gasteiger charge is 2.46. The molecule has 1 saturated carbocycles. The first kappa shape index (κ1) is 23.9. The summed E-state index contributed by atoms with van der Waals surface area (Å²) in [5, 5.41) is 0. The lowest BCUT2D eigenvalue weighted by atomic mass is 10.0. The Kier molecular flexibility index (Phi) is 8.70. The van der Waals surface area contributed by atoms with Crippen LogP contribution in [-0.4, -0.2) is 17.2 Å². The Balaban J connectivity index is 2.35. The zero-order valence-corrected chi connectivity index (χ0v) is 19.6. The van der Waals surface area contributed by atoms with Gasteiger partial charge < -0.3 is 4.52 Å². The van der Waals surface area contributed by atoms with Gasteiger partial charge in [0.1, 0.15) is 0 Å². The van der Waals surface area contributed by atoms with Crippen molar-refractivity contribution in [2.75, 3.05) is 0 Å². The van der Waals surface area contributed by atoms with Crippen LogP contribution in [0.25, 0.3) is 0 Å². The molecule has 1 aliphatic rings. The van der Waals surface area contributed by atoms with Gasteiger partial charge in [0.05, 0.1) is 11.6 Å². The van der Waals surface area contributed by atoms with Crippen molar-refractivity contribution in [3.8, 4) is 0 Å². The Morgan fingerprint density at radius 3 is 2.21 bits per heavy atom. The van der Waals surface area contributed by atoms with E-state index in [0.717, 1.165) is 55.2 Å². The molecule has 0 saturated heterocycles. The Bertz CT molecular complexity index is 754. The number of hydrogen-bond acceptors (Lipinski definition) is 4. The number of hydrogen-bond donors (Lipinski definition) is 0. The smallest absolute Gasteiger partial charge is 0.321 e. The Labute approximate surface area is 176 Å². The van der Waals surface area contributed by atoms with Gasteiger partial charge in [-0.25, -0.2) is 0 Å². The largest absolute Gasteiger partial charge is 0.405 e. The van der Waals surface area contributed by atoms with Crippen molar-refractivity contribution in [1.82, 2.24) is 0 Å². The summed E-state index contributed by atoms with van der Waals surface area (Å²) in [6.07, 6.45) is 8.07. The Morgan fingerprint density at radius 1 is 1.07 bits per heavy atom. The fourth-order valence-corrected chi connectivity index (χ4v) is 7.14. The van der Waals surface area contributed by atoms with Crippen LogP contribution < -0.4 is 0 Å². The summed E-state index contributed by atoms with van der Waals surface area (Å²) in [7, 11) is -3.81. The van der Waals surface area contributed by atoms with E-state index < -0.39 is 18.9 Å². The van der Waals surface area contributed by atoms with E-state index in [-0.39, 0.29) is 11.6 Å². The molecule has 2 rings (SSSR count). The third kappa shape index (κ3) is 5.81. The molecule has 0 spiro atoms. The van der Waals surface area contributed by atoms with E-state index in [0.29, 0.717) is 24.8 Å². The molecule has 1 aromatic carbocycles. The topological polar surface area (TPSA) is 60.4 Å². The van der Waals surface area contributed by atoms with E-state index in [9.17, 15) is 14.2 Å². The van der Waals surface area contributed by atoms with Crippen molar-refractivity contribution in [3.63, 3.8) is 0 Å². The molecule has 1 fully saturated rings. The monoisotopic (exact) mass is 420 g/mol. The highest BCUT2D eigenvalue weighted by molar-refractivity contribution is 7.78. The molecule has 162 valence electrons. The molecule has 5 heteroatoms. The highest BCUT2D eigenvalue weighted by Crippen LogP contribution is 2.59. The molecule has 4 nitrogen and oxygen atoms in total. The van der Waals surface area contributed by atoms with Crippen molar-refractivity contribution >= 4 is 18.9 Å². The van der Waals surface area contributed by atoms with Gasteiger partial charge in [-0.1, -0.05) is 70.1 Å². The minimum atomic E-state index is -3.81. The van der Waals surface area contributed by atoms with Gasteiger partial charge in [0.2, 0.25) is 0 Å². The molecule has 0 heterocycles. The lowest BCUT2D eigenvalue weighted by Crippen LogP contribution is -2.25. The number of unbranched alkanes of at least 4 members (excludes halogenated alkanes) is 2. The Hall–Kier alpha value is -1.41. The molecule has 0 bridgehead atoms. The quantitative estimate of drug-likeness (QED) is 0.315. The zero-order chi connectivity index (χ0) is 21.6. The van der Waals surface area contributed by atoms with Crippen molar-refractivity contribution in [1.29, 1.82) is 0 Å². The summed E-state index contributed by atoms with van der Waals surface area (Å²) in [5.41, 5.74) is 2.32. The fourth-order valence-electron chi connectivity index (χ4n) is 4.42. The van der Waals surface area contributed by atoms with Crippen LogP contribution in [0.1, 0.15) is 98.7 Å². The molecule has 0 radical (unpaired) electrons. The minimum absolute atomic E-state index is 0.341. The van der Waals surface area contributed by atoms with Crippen LogP contribution in [0.5, 0.6) is 0 Å². The first-order chi connectivity index (χ1) is 13.7. The predicted molar refractivity (Wildman–Crippen MR) is 119 cm³/mol. The molecule has 1 aromatic rings. The second-order valence-electron chi connectivity index (χ2n) is 8.77. The predicted octanol–water partition coefficient (Wildman–Crippen LogP) is 7.12. The van der Waals surface area contributed by atoms with E-state index >= 15 is 0 Å².